The van der Waals surface area contributed by atoms with Gasteiger partial charge in [0.1, 0.15) is 0 Å². The van der Waals surface area contributed by atoms with Crippen LogP contribution < -0.4 is 0 Å². The number of carbonyl (C=O) groups excluding carboxylic acids is 1. The molecule has 0 aliphatic heterocycles. The highest BCUT2D eigenvalue weighted by molar-refractivity contribution is 5.94. The maximum Gasteiger partial charge on any atom is 0.340 e. The Morgan fingerprint density at radius 3 is 2.85 bits per heavy atom. The Kier molecular flexibility index (Phi) is 4.37. The molecule has 0 aliphatic carbocycles. The molecule has 0 unspecified atom stereocenters. The molecule has 0 saturated heterocycles. The first-order chi connectivity index (χ1) is 9.54. The third kappa shape index (κ3) is 2.81. The largest absolute Gasteiger partial charge is 0.462 e. The number of hydrogen-bond acceptors (Lipinski definition) is 4. The summed E-state index contributed by atoms with van der Waals surface area (Å²) < 4.78 is 7.10. The predicted molar refractivity (Wildman–Crippen MR) is 77.8 cm³/mol. The molecule has 5 nitrogen and oxygen atoms in total. The van der Waals surface area contributed by atoms with Crippen LogP contribution in [0.2, 0.25) is 0 Å². The van der Waals surface area contributed by atoms with Gasteiger partial charge in [0.25, 0.3) is 0 Å². The molecular formula is C15H21N3O2. The lowest BCUT2D eigenvalue weighted by Gasteiger charge is -2.09. The lowest BCUT2D eigenvalue weighted by atomic mass is 10.1. The Hall–Kier alpha value is -1.91. The molecule has 2 rings (SSSR count). The quantitative estimate of drug-likeness (QED) is 0.620. The van der Waals surface area contributed by atoms with Gasteiger partial charge < -0.3 is 4.74 Å². The molecule has 108 valence electrons. The number of aryl methyl sites for hydroxylation is 1. The summed E-state index contributed by atoms with van der Waals surface area (Å²) in [6.07, 6.45) is 3.63. The molecule has 0 N–H and O–H groups in total. The minimum absolute atomic E-state index is 0.238. The second kappa shape index (κ2) is 6.03. The van der Waals surface area contributed by atoms with Gasteiger partial charge in [-0.05, 0) is 33.3 Å². The highest BCUT2D eigenvalue weighted by atomic mass is 16.5. The van der Waals surface area contributed by atoms with Crippen LogP contribution in [0, 0.1) is 6.92 Å². The standard InChI is InChI=1S/C15H21N3O2/c1-5-6-7-20-15(19)13-8-12-9-16-18(10(2)3)14(12)17-11(13)4/h8-10H,5-7H2,1-4H3. The number of nitrogens with zero attached hydrogens (tertiary/aromatic N) is 3. The first-order valence-corrected chi connectivity index (χ1v) is 7.06. The van der Waals surface area contributed by atoms with E-state index in [1.54, 1.807) is 6.20 Å². The van der Waals surface area contributed by atoms with Gasteiger partial charge in [-0.3, -0.25) is 0 Å². The van der Waals surface area contributed by atoms with Crippen molar-refractivity contribution in [2.45, 2.75) is 46.6 Å². The van der Waals surface area contributed by atoms with E-state index in [4.69, 9.17) is 4.74 Å². The summed E-state index contributed by atoms with van der Waals surface area (Å²) in [4.78, 5) is 16.5. The number of unbranched alkanes of at least 4 members (excludes halogenated alkanes) is 1. The minimum atomic E-state index is -0.303. The molecule has 0 spiro atoms. The monoisotopic (exact) mass is 275 g/mol. The Bertz CT molecular complexity index is 617. The zero-order valence-corrected chi connectivity index (χ0v) is 12.5. The SMILES string of the molecule is CCCCOC(=O)c1cc2cnn(C(C)C)c2nc1C. The number of esters is 1. The smallest absolute Gasteiger partial charge is 0.340 e. The van der Waals surface area contributed by atoms with Crippen LogP contribution in [-0.4, -0.2) is 27.3 Å². The van der Waals surface area contributed by atoms with Crippen molar-refractivity contribution >= 4 is 17.0 Å². The summed E-state index contributed by atoms with van der Waals surface area (Å²) >= 11 is 0. The molecule has 5 heteroatoms. The molecule has 0 aliphatic rings. The first-order valence-electron chi connectivity index (χ1n) is 7.06. The molecular weight excluding hydrogens is 254 g/mol. The molecule has 0 amide bonds. The summed E-state index contributed by atoms with van der Waals surface area (Å²) in [6.45, 7) is 8.45. The highest BCUT2D eigenvalue weighted by Crippen LogP contribution is 2.19. The van der Waals surface area contributed by atoms with Gasteiger partial charge in [0.15, 0.2) is 5.65 Å². The van der Waals surface area contributed by atoms with Crippen molar-refractivity contribution in [1.29, 1.82) is 0 Å². The van der Waals surface area contributed by atoms with Crippen LogP contribution in [0.5, 0.6) is 0 Å². The van der Waals surface area contributed by atoms with Crippen LogP contribution in [0.15, 0.2) is 12.3 Å². The van der Waals surface area contributed by atoms with Crippen LogP contribution in [0.1, 0.15) is 55.7 Å². The zero-order valence-electron chi connectivity index (χ0n) is 12.5. The van der Waals surface area contributed by atoms with Gasteiger partial charge in [0.05, 0.1) is 24.1 Å². The van der Waals surface area contributed by atoms with E-state index in [1.165, 1.54) is 0 Å². The Labute approximate surface area is 118 Å². The lowest BCUT2D eigenvalue weighted by Crippen LogP contribution is -2.10. The number of pyridine rings is 1. The van der Waals surface area contributed by atoms with Crippen LogP contribution >= 0.6 is 0 Å². The number of carbonyl (C=O) groups is 1. The van der Waals surface area contributed by atoms with E-state index in [2.05, 4.69) is 30.9 Å². The Balaban J connectivity index is 2.32. The molecule has 0 fully saturated rings. The number of ether oxygens (including phenoxy) is 1. The van der Waals surface area contributed by atoms with Crippen molar-refractivity contribution in [2.24, 2.45) is 0 Å². The average Bonchev–Trinajstić information content (AvgIpc) is 2.80. The molecule has 0 aromatic carbocycles. The second-order valence-corrected chi connectivity index (χ2v) is 5.21. The molecule has 0 bridgehead atoms. The van der Waals surface area contributed by atoms with Crippen LogP contribution in [0.4, 0.5) is 0 Å². The maximum atomic E-state index is 12.0. The summed E-state index contributed by atoms with van der Waals surface area (Å²) in [5.41, 5.74) is 2.01. The third-order valence-corrected chi connectivity index (χ3v) is 3.20. The zero-order chi connectivity index (χ0) is 14.7. The van der Waals surface area contributed by atoms with Crippen LogP contribution in [0.25, 0.3) is 11.0 Å². The molecule has 2 aromatic rings. The van der Waals surface area contributed by atoms with E-state index in [9.17, 15) is 4.79 Å². The molecule has 2 aromatic heterocycles. The van der Waals surface area contributed by atoms with E-state index < -0.39 is 0 Å². The fourth-order valence-corrected chi connectivity index (χ4v) is 2.04. The summed E-state index contributed by atoms with van der Waals surface area (Å²) in [5, 5.41) is 5.18. The molecule has 20 heavy (non-hydrogen) atoms. The fraction of sp³-hybridized carbons (Fsp3) is 0.533. The van der Waals surface area contributed by atoms with Crippen molar-refractivity contribution in [3.05, 3.63) is 23.5 Å². The van der Waals surface area contributed by atoms with E-state index >= 15 is 0 Å². The number of aromatic nitrogens is 3. The molecule has 0 radical (unpaired) electrons. The van der Waals surface area contributed by atoms with Gasteiger partial charge >= 0.3 is 5.97 Å². The van der Waals surface area contributed by atoms with Gasteiger partial charge in [-0.1, -0.05) is 13.3 Å². The predicted octanol–water partition coefficient (Wildman–Crippen LogP) is 3.28. The van der Waals surface area contributed by atoms with Crippen molar-refractivity contribution in [1.82, 2.24) is 14.8 Å². The Morgan fingerprint density at radius 2 is 2.20 bits per heavy atom. The Morgan fingerprint density at radius 1 is 1.45 bits per heavy atom. The summed E-state index contributed by atoms with van der Waals surface area (Å²) in [7, 11) is 0. The molecule has 2 heterocycles. The van der Waals surface area contributed by atoms with Crippen LogP contribution in [-0.2, 0) is 4.74 Å². The molecule has 0 saturated carbocycles. The van der Waals surface area contributed by atoms with Gasteiger partial charge in [-0.2, -0.15) is 5.10 Å². The van der Waals surface area contributed by atoms with Crippen molar-refractivity contribution in [3.8, 4) is 0 Å². The maximum absolute atomic E-state index is 12.0. The number of hydrogen-bond donors (Lipinski definition) is 0. The summed E-state index contributed by atoms with van der Waals surface area (Å²) in [5.74, 6) is -0.303. The van der Waals surface area contributed by atoms with Crippen molar-refractivity contribution < 1.29 is 9.53 Å². The second-order valence-electron chi connectivity index (χ2n) is 5.21. The number of fused-ring (bicyclic) bond motifs is 1. The van der Waals surface area contributed by atoms with Crippen molar-refractivity contribution in [3.63, 3.8) is 0 Å². The average molecular weight is 275 g/mol. The third-order valence-electron chi connectivity index (χ3n) is 3.20. The normalized spacial score (nSPS) is 11.2. The van der Waals surface area contributed by atoms with E-state index in [-0.39, 0.29) is 12.0 Å². The first kappa shape index (κ1) is 14.5. The lowest BCUT2D eigenvalue weighted by molar-refractivity contribution is 0.0498. The highest BCUT2D eigenvalue weighted by Gasteiger charge is 2.16. The van der Waals surface area contributed by atoms with Gasteiger partial charge in [0.2, 0.25) is 0 Å². The number of rotatable bonds is 5. The van der Waals surface area contributed by atoms with E-state index in [0.29, 0.717) is 17.9 Å². The van der Waals surface area contributed by atoms with Gasteiger partial charge in [-0.15, -0.1) is 0 Å². The van der Waals surface area contributed by atoms with Gasteiger partial charge in [0, 0.05) is 11.4 Å². The van der Waals surface area contributed by atoms with Crippen molar-refractivity contribution in [2.75, 3.05) is 6.61 Å². The van der Waals surface area contributed by atoms with E-state index in [0.717, 1.165) is 23.9 Å². The summed E-state index contributed by atoms with van der Waals surface area (Å²) in [6, 6.07) is 2.06. The van der Waals surface area contributed by atoms with Gasteiger partial charge in [-0.25, -0.2) is 14.5 Å². The minimum Gasteiger partial charge on any atom is -0.462 e. The fourth-order valence-electron chi connectivity index (χ4n) is 2.04. The molecule has 0 atom stereocenters. The topological polar surface area (TPSA) is 57.0 Å². The van der Waals surface area contributed by atoms with E-state index in [1.807, 2.05) is 17.7 Å². The van der Waals surface area contributed by atoms with Crippen LogP contribution in [0.3, 0.4) is 0 Å².